The predicted octanol–water partition coefficient (Wildman–Crippen LogP) is 2.88. The lowest BCUT2D eigenvalue weighted by Gasteiger charge is -2.13. The molecule has 0 saturated heterocycles. The van der Waals surface area contributed by atoms with Gasteiger partial charge in [-0.3, -0.25) is 4.79 Å². The van der Waals surface area contributed by atoms with Crippen LogP contribution in [0.4, 0.5) is 4.39 Å². The van der Waals surface area contributed by atoms with Crippen LogP contribution >= 0.6 is 11.6 Å². The molecule has 2 aromatic carbocycles. The van der Waals surface area contributed by atoms with Crippen LogP contribution in [0, 0.1) is 5.82 Å². The van der Waals surface area contributed by atoms with Gasteiger partial charge in [-0.1, -0.05) is 35.9 Å². The van der Waals surface area contributed by atoms with Crippen LogP contribution in [0.1, 0.15) is 17.2 Å². The summed E-state index contributed by atoms with van der Waals surface area (Å²) in [4.78, 5) is 12.0. The normalized spacial score (nSPS) is 11.8. The minimum absolute atomic E-state index is 0.0128. The second-order valence-corrected chi connectivity index (χ2v) is 5.39. The summed E-state index contributed by atoms with van der Waals surface area (Å²) in [5.41, 5.74) is 1.10. The van der Waals surface area contributed by atoms with Crippen LogP contribution in [0.5, 0.6) is 5.75 Å². The first-order chi connectivity index (χ1) is 11.0. The van der Waals surface area contributed by atoms with Crippen LogP contribution in [0.15, 0.2) is 42.5 Å². The fourth-order valence-electron chi connectivity index (χ4n) is 2.13. The van der Waals surface area contributed by atoms with Crippen molar-refractivity contribution < 1.29 is 19.0 Å². The largest absolute Gasteiger partial charge is 0.496 e. The summed E-state index contributed by atoms with van der Waals surface area (Å²) < 4.78 is 18.5. The first kappa shape index (κ1) is 17.2. The molecule has 0 heterocycles. The molecule has 0 aliphatic rings. The fraction of sp³-hybridized carbons (Fsp3) is 0.235. The molecular formula is C17H17ClFNO3. The molecule has 1 atom stereocenters. The van der Waals surface area contributed by atoms with Crippen molar-refractivity contribution in [2.45, 2.75) is 12.5 Å². The van der Waals surface area contributed by atoms with Gasteiger partial charge < -0.3 is 15.2 Å². The summed E-state index contributed by atoms with van der Waals surface area (Å²) in [6.07, 6.45) is -0.880. The monoisotopic (exact) mass is 337 g/mol. The number of nitrogens with one attached hydrogen (secondary N) is 1. The first-order valence-corrected chi connectivity index (χ1v) is 7.40. The van der Waals surface area contributed by atoms with Gasteiger partial charge in [0.15, 0.2) is 0 Å². The standard InChI is InChI=1S/C17H17ClFNO3/c1-23-16-5-3-2-4-12(16)9-17(22)20-10-15(21)11-6-7-13(18)14(19)8-11/h2-8,15,21H,9-10H2,1H3,(H,20,22). The number of methoxy groups -OCH3 is 1. The van der Waals surface area contributed by atoms with Crippen LogP contribution in [-0.2, 0) is 11.2 Å². The number of hydrogen-bond acceptors (Lipinski definition) is 3. The molecule has 2 N–H and O–H groups in total. The molecule has 2 rings (SSSR count). The van der Waals surface area contributed by atoms with E-state index in [0.717, 1.165) is 11.6 Å². The summed E-state index contributed by atoms with van der Waals surface area (Å²) in [7, 11) is 1.54. The Kier molecular flexibility index (Phi) is 5.96. The average Bonchev–Trinajstić information content (AvgIpc) is 2.55. The maximum Gasteiger partial charge on any atom is 0.224 e. The summed E-state index contributed by atoms with van der Waals surface area (Å²) in [5.74, 6) is -0.241. The molecule has 0 aliphatic heterocycles. The maximum atomic E-state index is 13.4. The molecule has 23 heavy (non-hydrogen) atoms. The minimum atomic E-state index is -1.01. The molecule has 0 saturated carbocycles. The van der Waals surface area contributed by atoms with Crippen molar-refractivity contribution in [3.8, 4) is 5.75 Å². The molecule has 0 bridgehead atoms. The van der Waals surface area contributed by atoms with Crippen molar-refractivity contribution in [1.29, 1.82) is 0 Å². The third-order valence-electron chi connectivity index (χ3n) is 3.36. The van der Waals surface area contributed by atoms with E-state index in [9.17, 15) is 14.3 Å². The van der Waals surface area contributed by atoms with Gasteiger partial charge in [0.1, 0.15) is 11.6 Å². The Morgan fingerprint density at radius 2 is 2.09 bits per heavy atom. The summed E-state index contributed by atoms with van der Waals surface area (Å²) in [6, 6.07) is 11.2. The van der Waals surface area contributed by atoms with E-state index in [-0.39, 0.29) is 23.9 Å². The molecule has 4 nitrogen and oxygen atoms in total. The van der Waals surface area contributed by atoms with E-state index in [2.05, 4.69) is 5.32 Å². The molecule has 2 aromatic rings. The SMILES string of the molecule is COc1ccccc1CC(=O)NCC(O)c1ccc(Cl)c(F)c1. The number of para-hydroxylation sites is 1. The molecule has 1 amide bonds. The van der Waals surface area contributed by atoms with Crippen LogP contribution < -0.4 is 10.1 Å². The molecule has 6 heteroatoms. The van der Waals surface area contributed by atoms with E-state index >= 15 is 0 Å². The maximum absolute atomic E-state index is 13.4. The van der Waals surface area contributed by atoms with Gasteiger partial charge in [0.2, 0.25) is 5.91 Å². The van der Waals surface area contributed by atoms with Gasteiger partial charge in [0.05, 0.1) is 24.7 Å². The third-order valence-corrected chi connectivity index (χ3v) is 3.67. The van der Waals surface area contributed by atoms with Crippen molar-refractivity contribution in [2.75, 3.05) is 13.7 Å². The Labute approximate surface area is 138 Å². The number of aliphatic hydroxyl groups excluding tert-OH is 1. The number of amides is 1. The van der Waals surface area contributed by atoms with Crippen LogP contribution in [-0.4, -0.2) is 24.7 Å². The second-order valence-electron chi connectivity index (χ2n) is 4.98. The summed E-state index contributed by atoms with van der Waals surface area (Å²) in [5, 5.41) is 12.6. The number of halogens is 2. The Morgan fingerprint density at radius 1 is 1.35 bits per heavy atom. The molecule has 0 aromatic heterocycles. The highest BCUT2D eigenvalue weighted by atomic mass is 35.5. The number of aliphatic hydroxyl groups is 1. The number of ether oxygens (including phenoxy) is 1. The molecule has 0 aliphatic carbocycles. The van der Waals surface area contributed by atoms with Crippen LogP contribution in [0.2, 0.25) is 5.02 Å². The molecule has 0 spiro atoms. The van der Waals surface area contributed by atoms with Crippen molar-refractivity contribution in [3.63, 3.8) is 0 Å². The zero-order valence-corrected chi connectivity index (χ0v) is 13.3. The van der Waals surface area contributed by atoms with E-state index in [4.69, 9.17) is 16.3 Å². The summed E-state index contributed by atoms with van der Waals surface area (Å²) in [6.45, 7) is -0.0188. The zero-order chi connectivity index (χ0) is 16.8. The molecule has 122 valence electrons. The van der Waals surface area contributed by atoms with E-state index in [0.29, 0.717) is 11.3 Å². The van der Waals surface area contributed by atoms with E-state index < -0.39 is 11.9 Å². The highest BCUT2D eigenvalue weighted by Gasteiger charge is 2.13. The Bertz CT molecular complexity index is 693. The van der Waals surface area contributed by atoms with Crippen molar-refractivity contribution in [3.05, 3.63) is 64.4 Å². The van der Waals surface area contributed by atoms with Gasteiger partial charge in [0.25, 0.3) is 0 Å². The molecule has 1 unspecified atom stereocenters. The highest BCUT2D eigenvalue weighted by Crippen LogP contribution is 2.20. The van der Waals surface area contributed by atoms with E-state index in [1.165, 1.54) is 19.2 Å². The van der Waals surface area contributed by atoms with Gasteiger partial charge >= 0.3 is 0 Å². The third kappa shape index (κ3) is 4.68. The lowest BCUT2D eigenvalue weighted by atomic mass is 10.1. The predicted molar refractivity (Wildman–Crippen MR) is 86.1 cm³/mol. The quantitative estimate of drug-likeness (QED) is 0.852. The minimum Gasteiger partial charge on any atom is -0.496 e. The van der Waals surface area contributed by atoms with Gasteiger partial charge in [-0.05, 0) is 23.8 Å². The average molecular weight is 338 g/mol. The topological polar surface area (TPSA) is 58.6 Å². The van der Waals surface area contributed by atoms with Gasteiger partial charge in [-0.15, -0.1) is 0 Å². The smallest absolute Gasteiger partial charge is 0.224 e. The van der Waals surface area contributed by atoms with Crippen molar-refractivity contribution >= 4 is 17.5 Å². The Morgan fingerprint density at radius 3 is 2.78 bits per heavy atom. The van der Waals surface area contributed by atoms with Gasteiger partial charge in [-0.25, -0.2) is 4.39 Å². The summed E-state index contributed by atoms with van der Waals surface area (Å²) >= 11 is 5.59. The number of carbonyl (C=O) groups is 1. The zero-order valence-electron chi connectivity index (χ0n) is 12.6. The van der Waals surface area contributed by atoms with Crippen molar-refractivity contribution in [2.24, 2.45) is 0 Å². The molecule has 0 radical (unpaired) electrons. The van der Waals surface area contributed by atoms with Crippen LogP contribution in [0.3, 0.4) is 0 Å². The highest BCUT2D eigenvalue weighted by molar-refractivity contribution is 6.30. The Balaban J connectivity index is 1.92. The molecule has 0 fully saturated rings. The number of hydrogen-bond donors (Lipinski definition) is 2. The van der Waals surface area contributed by atoms with E-state index in [1.807, 2.05) is 12.1 Å². The van der Waals surface area contributed by atoms with Crippen molar-refractivity contribution in [1.82, 2.24) is 5.32 Å². The van der Waals surface area contributed by atoms with Gasteiger partial charge in [0, 0.05) is 12.1 Å². The number of benzene rings is 2. The first-order valence-electron chi connectivity index (χ1n) is 7.03. The second kappa shape index (κ2) is 7.94. The molecular weight excluding hydrogens is 321 g/mol. The fourth-order valence-corrected chi connectivity index (χ4v) is 2.25. The number of carbonyl (C=O) groups excluding carboxylic acids is 1. The van der Waals surface area contributed by atoms with E-state index in [1.54, 1.807) is 12.1 Å². The van der Waals surface area contributed by atoms with Crippen LogP contribution in [0.25, 0.3) is 0 Å². The number of rotatable bonds is 6. The van der Waals surface area contributed by atoms with Gasteiger partial charge in [-0.2, -0.15) is 0 Å². The Hall–Kier alpha value is -2.11. The lowest BCUT2D eigenvalue weighted by Crippen LogP contribution is -2.29. The lowest BCUT2D eigenvalue weighted by molar-refractivity contribution is -0.120.